The molecule has 0 amide bonds. The Bertz CT molecular complexity index is 489. The van der Waals surface area contributed by atoms with E-state index >= 15 is 0 Å². The summed E-state index contributed by atoms with van der Waals surface area (Å²) in [6, 6.07) is 6.10. The molecule has 2 nitrogen and oxygen atoms in total. The molecule has 0 unspecified atom stereocenters. The molecular formula is C11H10BrNO. The summed E-state index contributed by atoms with van der Waals surface area (Å²) in [6.07, 6.45) is 1.06. The standard InChI is InChI=1S/C11H10BrNO/c12-8-2-1-3-9-11(8)7-4-5-13-6-10(7)14-9/h1-3,13H,4-6H2. The van der Waals surface area contributed by atoms with Crippen molar-refractivity contribution in [3.63, 3.8) is 0 Å². The number of halogens is 1. The molecule has 0 fully saturated rings. The van der Waals surface area contributed by atoms with Crippen LogP contribution >= 0.6 is 15.9 Å². The first-order valence-corrected chi connectivity index (χ1v) is 5.55. The van der Waals surface area contributed by atoms with Gasteiger partial charge in [0.2, 0.25) is 0 Å². The van der Waals surface area contributed by atoms with E-state index in [1.54, 1.807) is 0 Å². The van der Waals surface area contributed by atoms with E-state index in [4.69, 9.17) is 4.42 Å². The molecule has 3 rings (SSSR count). The summed E-state index contributed by atoms with van der Waals surface area (Å²) in [4.78, 5) is 0. The molecule has 1 N–H and O–H groups in total. The molecule has 1 aliphatic rings. The smallest absolute Gasteiger partial charge is 0.135 e. The third-order valence-corrected chi connectivity index (χ3v) is 3.35. The topological polar surface area (TPSA) is 25.2 Å². The number of hydrogen-bond acceptors (Lipinski definition) is 2. The molecule has 2 heterocycles. The monoisotopic (exact) mass is 251 g/mol. The third kappa shape index (κ3) is 1.12. The lowest BCUT2D eigenvalue weighted by Crippen LogP contribution is -2.22. The van der Waals surface area contributed by atoms with Crippen LogP contribution < -0.4 is 5.32 Å². The van der Waals surface area contributed by atoms with Crippen molar-refractivity contribution in [3.8, 4) is 0 Å². The van der Waals surface area contributed by atoms with Gasteiger partial charge >= 0.3 is 0 Å². The van der Waals surface area contributed by atoms with Crippen molar-refractivity contribution < 1.29 is 4.42 Å². The second kappa shape index (κ2) is 3.11. The van der Waals surface area contributed by atoms with Crippen LogP contribution in [0.4, 0.5) is 0 Å². The first kappa shape index (κ1) is 8.50. The van der Waals surface area contributed by atoms with Crippen molar-refractivity contribution in [2.75, 3.05) is 6.54 Å². The zero-order valence-corrected chi connectivity index (χ0v) is 9.23. The highest BCUT2D eigenvalue weighted by atomic mass is 79.9. The molecule has 1 aromatic carbocycles. The fourth-order valence-electron chi connectivity index (χ4n) is 2.04. The Morgan fingerprint density at radius 2 is 2.29 bits per heavy atom. The minimum Gasteiger partial charge on any atom is -0.459 e. The molecule has 0 aliphatic carbocycles. The van der Waals surface area contributed by atoms with Gasteiger partial charge in [-0.05, 0) is 25.1 Å². The van der Waals surface area contributed by atoms with Gasteiger partial charge in [0.15, 0.2) is 0 Å². The van der Waals surface area contributed by atoms with Gasteiger partial charge in [0.05, 0.1) is 6.54 Å². The maximum absolute atomic E-state index is 5.78. The van der Waals surface area contributed by atoms with Crippen molar-refractivity contribution in [1.82, 2.24) is 5.32 Å². The fourth-order valence-corrected chi connectivity index (χ4v) is 2.63. The lowest BCUT2D eigenvalue weighted by molar-refractivity contribution is 0.488. The Kier molecular flexibility index (Phi) is 1.89. The normalized spacial score (nSPS) is 15.8. The largest absolute Gasteiger partial charge is 0.459 e. The lowest BCUT2D eigenvalue weighted by Gasteiger charge is -2.10. The summed E-state index contributed by atoms with van der Waals surface area (Å²) in [7, 11) is 0. The summed E-state index contributed by atoms with van der Waals surface area (Å²) >= 11 is 3.57. The van der Waals surface area contributed by atoms with Crippen LogP contribution in [-0.2, 0) is 13.0 Å². The molecule has 72 valence electrons. The van der Waals surface area contributed by atoms with E-state index in [0.29, 0.717) is 0 Å². The number of nitrogens with one attached hydrogen (secondary N) is 1. The van der Waals surface area contributed by atoms with E-state index in [2.05, 4.69) is 27.3 Å². The maximum atomic E-state index is 5.78. The van der Waals surface area contributed by atoms with Crippen LogP contribution in [0.1, 0.15) is 11.3 Å². The Labute approximate surface area is 90.4 Å². The second-order valence-electron chi connectivity index (χ2n) is 3.54. The van der Waals surface area contributed by atoms with Crippen molar-refractivity contribution in [2.24, 2.45) is 0 Å². The Morgan fingerprint density at radius 1 is 1.36 bits per heavy atom. The molecule has 0 bridgehead atoms. The SMILES string of the molecule is Brc1cccc2oc3c(c12)CCNC3. The highest BCUT2D eigenvalue weighted by molar-refractivity contribution is 9.10. The summed E-state index contributed by atoms with van der Waals surface area (Å²) in [5.41, 5.74) is 2.36. The molecule has 2 aromatic rings. The van der Waals surface area contributed by atoms with Gasteiger partial charge in [-0.25, -0.2) is 0 Å². The van der Waals surface area contributed by atoms with Gasteiger partial charge in [-0.2, -0.15) is 0 Å². The lowest BCUT2D eigenvalue weighted by atomic mass is 10.1. The second-order valence-corrected chi connectivity index (χ2v) is 4.40. The summed E-state index contributed by atoms with van der Waals surface area (Å²) in [6.45, 7) is 1.90. The third-order valence-electron chi connectivity index (χ3n) is 2.68. The molecule has 0 atom stereocenters. The predicted octanol–water partition coefficient (Wildman–Crippen LogP) is 2.84. The van der Waals surface area contributed by atoms with Crippen molar-refractivity contribution in [2.45, 2.75) is 13.0 Å². The first-order valence-electron chi connectivity index (χ1n) is 4.76. The Morgan fingerprint density at radius 3 is 3.21 bits per heavy atom. The average molecular weight is 252 g/mol. The number of benzene rings is 1. The molecule has 3 heteroatoms. The van der Waals surface area contributed by atoms with Crippen LogP contribution in [0.2, 0.25) is 0 Å². The number of furan rings is 1. The zero-order chi connectivity index (χ0) is 9.54. The molecule has 14 heavy (non-hydrogen) atoms. The van der Waals surface area contributed by atoms with Crippen LogP contribution in [0.3, 0.4) is 0 Å². The van der Waals surface area contributed by atoms with Crippen LogP contribution in [0.15, 0.2) is 27.1 Å². The molecular weight excluding hydrogens is 242 g/mol. The molecule has 0 saturated carbocycles. The van der Waals surface area contributed by atoms with Crippen molar-refractivity contribution in [1.29, 1.82) is 0 Å². The Hall–Kier alpha value is -0.800. The summed E-state index contributed by atoms with van der Waals surface area (Å²) in [5, 5.41) is 4.57. The number of fused-ring (bicyclic) bond motifs is 3. The van der Waals surface area contributed by atoms with E-state index in [9.17, 15) is 0 Å². The van der Waals surface area contributed by atoms with Gasteiger partial charge in [0, 0.05) is 15.4 Å². The van der Waals surface area contributed by atoms with Crippen LogP contribution in [0, 0.1) is 0 Å². The highest BCUT2D eigenvalue weighted by Gasteiger charge is 2.18. The van der Waals surface area contributed by atoms with Crippen molar-refractivity contribution >= 4 is 26.9 Å². The van der Waals surface area contributed by atoms with Gasteiger partial charge in [-0.1, -0.05) is 22.0 Å². The van der Waals surface area contributed by atoms with Gasteiger partial charge in [-0.3, -0.25) is 0 Å². The number of rotatable bonds is 0. The molecule has 1 aliphatic heterocycles. The van der Waals surface area contributed by atoms with E-state index in [1.165, 1.54) is 10.9 Å². The minimum absolute atomic E-state index is 0.858. The van der Waals surface area contributed by atoms with Gasteiger partial charge < -0.3 is 9.73 Å². The fraction of sp³-hybridized carbons (Fsp3) is 0.273. The van der Waals surface area contributed by atoms with Gasteiger partial charge in [-0.15, -0.1) is 0 Å². The number of hydrogen-bond donors (Lipinski definition) is 1. The summed E-state index contributed by atoms with van der Waals surface area (Å²) in [5.74, 6) is 1.10. The molecule has 0 radical (unpaired) electrons. The van der Waals surface area contributed by atoms with E-state index in [0.717, 1.165) is 35.3 Å². The van der Waals surface area contributed by atoms with Crippen LogP contribution in [0.5, 0.6) is 0 Å². The first-order chi connectivity index (χ1) is 6.86. The van der Waals surface area contributed by atoms with Gasteiger partial charge in [0.25, 0.3) is 0 Å². The highest BCUT2D eigenvalue weighted by Crippen LogP contribution is 2.33. The zero-order valence-electron chi connectivity index (χ0n) is 7.64. The maximum Gasteiger partial charge on any atom is 0.135 e. The van der Waals surface area contributed by atoms with Crippen LogP contribution in [0.25, 0.3) is 11.0 Å². The van der Waals surface area contributed by atoms with Gasteiger partial charge in [0.1, 0.15) is 11.3 Å². The Balaban J connectivity index is 2.38. The van der Waals surface area contributed by atoms with E-state index < -0.39 is 0 Å². The summed E-state index contributed by atoms with van der Waals surface area (Å²) < 4.78 is 6.92. The minimum atomic E-state index is 0.858. The average Bonchev–Trinajstić information content (AvgIpc) is 2.57. The molecule has 0 saturated heterocycles. The predicted molar refractivity (Wildman–Crippen MR) is 59.3 cm³/mol. The van der Waals surface area contributed by atoms with E-state index in [-0.39, 0.29) is 0 Å². The van der Waals surface area contributed by atoms with Crippen LogP contribution in [-0.4, -0.2) is 6.54 Å². The van der Waals surface area contributed by atoms with Crippen molar-refractivity contribution in [3.05, 3.63) is 34.0 Å². The van der Waals surface area contributed by atoms with E-state index in [1.807, 2.05) is 12.1 Å². The molecule has 1 aromatic heterocycles. The quantitative estimate of drug-likeness (QED) is 0.779. The molecule has 0 spiro atoms.